The maximum atomic E-state index is 13.6. The highest BCUT2D eigenvalue weighted by atomic mass is 32.2. The SMILES string of the molecule is N/C(=N/O)c1ccccc1NS(=O)(=O)c1ccccc1F. The van der Waals surface area contributed by atoms with E-state index in [1.165, 1.54) is 24.3 Å². The molecular formula is C13H12FN3O3S. The van der Waals surface area contributed by atoms with E-state index in [1.54, 1.807) is 12.1 Å². The minimum atomic E-state index is -4.13. The van der Waals surface area contributed by atoms with Crippen LogP contribution in [0.1, 0.15) is 5.56 Å². The average molecular weight is 309 g/mol. The fourth-order valence-corrected chi connectivity index (χ4v) is 2.87. The van der Waals surface area contributed by atoms with Crippen molar-refractivity contribution in [3.8, 4) is 0 Å². The van der Waals surface area contributed by atoms with Crippen LogP contribution in [0.3, 0.4) is 0 Å². The lowest BCUT2D eigenvalue weighted by Crippen LogP contribution is -2.20. The minimum absolute atomic E-state index is 0.0797. The van der Waals surface area contributed by atoms with Gasteiger partial charge in [0.25, 0.3) is 10.0 Å². The summed E-state index contributed by atoms with van der Waals surface area (Å²) >= 11 is 0. The molecule has 2 rings (SSSR count). The largest absolute Gasteiger partial charge is 0.409 e. The van der Waals surface area contributed by atoms with Gasteiger partial charge in [0.1, 0.15) is 10.7 Å². The zero-order valence-corrected chi connectivity index (χ0v) is 11.5. The molecule has 0 aliphatic heterocycles. The Morgan fingerprint density at radius 1 is 1.14 bits per heavy atom. The van der Waals surface area contributed by atoms with E-state index in [0.717, 1.165) is 12.1 Å². The summed E-state index contributed by atoms with van der Waals surface area (Å²) in [6.07, 6.45) is 0. The highest BCUT2D eigenvalue weighted by molar-refractivity contribution is 7.92. The first-order valence-corrected chi connectivity index (χ1v) is 7.28. The molecule has 0 atom stereocenters. The van der Waals surface area contributed by atoms with E-state index in [0.29, 0.717) is 0 Å². The lowest BCUT2D eigenvalue weighted by atomic mass is 10.2. The van der Waals surface area contributed by atoms with E-state index in [2.05, 4.69) is 9.88 Å². The monoisotopic (exact) mass is 309 g/mol. The van der Waals surface area contributed by atoms with Gasteiger partial charge < -0.3 is 10.9 Å². The maximum absolute atomic E-state index is 13.6. The Kier molecular flexibility index (Phi) is 4.08. The van der Waals surface area contributed by atoms with Crippen LogP contribution in [-0.2, 0) is 10.0 Å². The van der Waals surface area contributed by atoms with Gasteiger partial charge in [0.05, 0.1) is 5.69 Å². The van der Waals surface area contributed by atoms with Gasteiger partial charge in [-0.1, -0.05) is 29.4 Å². The number of nitrogens with zero attached hydrogens (tertiary/aromatic N) is 1. The number of hydrogen-bond acceptors (Lipinski definition) is 4. The van der Waals surface area contributed by atoms with Gasteiger partial charge in [-0.15, -0.1) is 0 Å². The molecule has 0 aromatic heterocycles. The Labute approximate surface area is 120 Å². The summed E-state index contributed by atoms with van der Waals surface area (Å²) in [7, 11) is -4.13. The molecule has 0 unspecified atom stereocenters. The third-order valence-electron chi connectivity index (χ3n) is 2.68. The number of nitrogens with two attached hydrogens (primary N) is 1. The standard InChI is InChI=1S/C13H12FN3O3S/c14-10-6-2-4-8-12(10)21(19,20)17-11-7-3-1-5-9(11)13(15)16-18/h1-8,17-18H,(H2,15,16). The summed E-state index contributed by atoms with van der Waals surface area (Å²) in [4.78, 5) is -0.487. The van der Waals surface area contributed by atoms with Crippen LogP contribution in [0.15, 0.2) is 58.6 Å². The summed E-state index contributed by atoms with van der Waals surface area (Å²) in [6.45, 7) is 0. The van der Waals surface area contributed by atoms with Crippen LogP contribution >= 0.6 is 0 Å². The molecule has 0 fully saturated rings. The molecule has 0 aliphatic carbocycles. The van der Waals surface area contributed by atoms with Gasteiger partial charge in [0, 0.05) is 5.56 Å². The Hall–Kier alpha value is -2.61. The van der Waals surface area contributed by atoms with Crippen LogP contribution in [0.2, 0.25) is 0 Å². The molecule has 2 aromatic rings. The number of rotatable bonds is 4. The maximum Gasteiger partial charge on any atom is 0.264 e. The summed E-state index contributed by atoms with van der Waals surface area (Å²) in [5.74, 6) is -1.13. The van der Waals surface area contributed by atoms with Gasteiger partial charge in [-0.05, 0) is 24.3 Å². The molecule has 0 heterocycles. The van der Waals surface area contributed by atoms with Gasteiger partial charge in [0.2, 0.25) is 0 Å². The molecule has 6 nitrogen and oxygen atoms in total. The molecule has 21 heavy (non-hydrogen) atoms. The smallest absolute Gasteiger partial charge is 0.264 e. The highest BCUT2D eigenvalue weighted by Crippen LogP contribution is 2.21. The third kappa shape index (κ3) is 3.11. The van der Waals surface area contributed by atoms with Crippen LogP contribution in [-0.4, -0.2) is 19.5 Å². The first-order valence-electron chi connectivity index (χ1n) is 5.80. The quantitative estimate of drug-likeness (QED) is 0.346. The Morgan fingerprint density at radius 2 is 1.76 bits per heavy atom. The normalized spacial score (nSPS) is 12.1. The number of hydrogen-bond donors (Lipinski definition) is 3. The molecule has 2 aromatic carbocycles. The van der Waals surface area contributed by atoms with Crippen molar-refractivity contribution < 1.29 is 18.0 Å². The van der Waals surface area contributed by atoms with Gasteiger partial charge in [-0.25, -0.2) is 12.8 Å². The van der Waals surface area contributed by atoms with Crippen molar-refractivity contribution in [2.24, 2.45) is 10.9 Å². The van der Waals surface area contributed by atoms with Crippen LogP contribution < -0.4 is 10.5 Å². The van der Waals surface area contributed by atoms with E-state index in [9.17, 15) is 12.8 Å². The number of nitrogens with one attached hydrogen (secondary N) is 1. The van der Waals surface area contributed by atoms with Crippen molar-refractivity contribution in [2.75, 3.05) is 4.72 Å². The predicted molar refractivity (Wildman–Crippen MR) is 76.2 cm³/mol. The number of sulfonamides is 1. The number of halogens is 1. The Bertz CT molecular complexity index is 791. The summed E-state index contributed by atoms with van der Waals surface area (Å²) in [5, 5.41) is 11.5. The Morgan fingerprint density at radius 3 is 2.43 bits per heavy atom. The van der Waals surface area contributed by atoms with Crippen LogP contribution in [0, 0.1) is 5.82 Å². The molecule has 0 amide bonds. The van der Waals surface area contributed by atoms with Crippen molar-refractivity contribution in [3.63, 3.8) is 0 Å². The van der Waals surface area contributed by atoms with Gasteiger partial charge in [0.15, 0.2) is 5.84 Å². The van der Waals surface area contributed by atoms with Gasteiger partial charge >= 0.3 is 0 Å². The van der Waals surface area contributed by atoms with Crippen molar-refractivity contribution in [3.05, 3.63) is 59.9 Å². The first-order chi connectivity index (χ1) is 9.95. The van der Waals surface area contributed by atoms with E-state index in [1.807, 2.05) is 0 Å². The minimum Gasteiger partial charge on any atom is -0.409 e. The van der Waals surface area contributed by atoms with Crippen molar-refractivity contribution in [1.82, 2.24) is 0 Å². The molecule has 4 N–H and O–H groups in total. The lowest BCUT2D eigenvalue weighted by Gasteiger charge is -2.12. The van der Waals surface area contributed by atoms with E-state index in [4.69, 9.17) is 10.9 Å². The zero-order chi connectivity index (χ0) is 15.5. The van der Waals surface area contributed by atoms with Crippen molar-refractivity contribution >= 4 is 21.5 Å². The molecule has 0 radical (unpaired) electrons. The topological polar surface area (TPSA) is 105 Å². The van der Waals surface area contributed by atoms with Gasteiger partial charge in [-0.2, -0.15) is 0 Å². The van der Waals surface area contributed by atoms with Gasteiger partial charge in [-0.3, -0.25) is 4.72 Å². The summed E-state index contributed by atoms with van der Waals surface area (Å²) < 4.78 is 40.2. The molecule has 0 saturated carbocycles. The first kappa shape index (κ1) is 14.8. The molecule has 0 saturated heterocycles. The summed E-state index contributed by atoms with van der Waals surface area (Å²) in [5.41, 5.74) is 5.73. The molecule has 8 heteroatoms. The molecular weight excluding hydrogens is 297 g/mol. The summed E-state index contributed by atoms with van der Waals surface area (Å²) in [6, 6.07) is 11.0. The second-order valence-electron chi connectivity index (χ2n) is 4.07. The van der Waals surface area contributed by atoms with E-state index >= 15 is 0 Å². The lowest BCUT2D eigenvalue weighted by molar-refractivity contribution is 0.318. The van der Waals surface area contributed by atoms with Crippen molar-refractivity contribution in [1.29, 1.82) is 0 Å². The van der Waals surface area contributed by atoms with E-state index < -0.39 is 20.7 Å². The molecule has 0 aliphatic rings. The second-order valence-corrected chi connectivity index (χ2v) is 5.72. The zero-order valence-electron chi connectivity index (χ0n) is 10.7. The second kappa shape index (κ2) is 5.80. The van der Waals surface area contributed by atoms with Crippen molar-refractivity contribution in [2.45, 2.75) is 4.90 Å². The fraction of sp³-hybridized carbons (Fsp3) is 0. The predicted octanol–water partition coefficient (Wildman–Crippen LogP) is 1.72. The number of para-hydroxylation sites is 1. The number of oxime groups is 1. The molecule has 0 spiro atoms. The molecule has 110 valence electrons. The van der Waals surface area contributed by atoms with E-state index in [-0.39, 0.29) is 17.1 Å². The number of amidine groups is 1. The third-order valence-corrected chi connectivity index (χ3v) is 4.08. The number of benzene rings is 2. The van der Waals surface area contributed by atoms with Crippen LogP contribution in [0.25, 0.3) is 0 Å². The van der Waals surface area contributed by atoms with Crippen LogP contribution in [0.4, 0.5) is 10.1 Å². The average Bonchev–Trinajstić information content (AvgIpc) is 2.47. The fourth-order valence-electron chi connectivity index (χ4n) is 1.71. The van der Waals surface area contributed by atoms with Crippen LogP contribution in [0.5, 0.6) is 0 Å². The highest BCUT2D eigenvalue weighted by Gasteiger charge is 2.20. The Balaban J connectivity index is 2.46. The number of anilines is 1. The molecule has 0 bridgehead atoms.